The van der Waals surface area contributed by atoms with E-state index in [1.807, 2.05) is 36.4 Å². The topological polar surface area (TPSA) is 78.4 Å². The minimum atomic E-state index is -0.0882. The number of aliphatic imine (C=N–C) groups is 1. The van der Waals surface area contributed by atoms with Crippen LogP contribution in [0.5, 0.6) is 0 Å². The highest BCUT2D eigenvalue weighted by Gasteiger charge is 2.04. The largest absolute Gasteiger partial charge is 0.356 e. The molecular weight excluding hydrogens is 302 g/mol. The summed E-state index contributed by atoms with van der Waals surface area (Å²) in [6.07, 6.45) is 2.62. The lowest BCUT2D eigenvalue weighted by atomic mass is 10.1. The summed E-state index contributed by atoms with van der Waals surface area (Å²) in [5.41, 5.74) is 2.71. The van der Waals surface area contributed by atoms with Crippen molar-refractivity contribution in [3.8, 4) is 0 Å². The van der Waals surface area contributed by atoms with Gasteiger partial charge in [0.2, 0.25) is 0 Å². The molecule has 0 fully saturated rings. The summed E-state index contributed by atoms with van der Waals surface area (Å²) in [5, 5.41) is 9.13. The summed E-state index contributed by atoms with van der Waals surface area (Å²) in [4.78, 5) is 20.2. The smallest absolute Gasteiger partial charge is 0.251 e. The fourth-order valence-corrected chi connectivity index (χ4v) is 2.23. The third-order valence-corrected chi connectivity index (χ3v) is 3.50. The van der Waals surface area contributed by atoms with Crippen molar-refractivity contribution in [3.63, 3.8) is 0 Å². The minimum Gasteiger partial charge on any atom is -0.356 e. The molecule has 1 amide bonds. The molecule has 0 spiro atoms. The van der Waals surface area contributed by atoms with E-state index in [-0.39, 0.29) is 5.91 Å². The van der Waals surface area contributed by atoms with Crippen LogP contribution in [0.25, 0.3) is 0 Å². The van der Waals surface area contributed by atoms with Crippen molar-refractivity contribution in [3.05, 3.63) is 65.5 Å². The molecule has 6 nitrogen and oxygen atoms in total. The van der Waals surface area contributed by atoms with Crippen LogP contribution >= 0.6 is 0 Å². The molecule has 3 N–H and O–H groups in total. The number of pyridine rings is 1. The second-order valence-corrected chi connectivity index (χ2v) is 5.20. The molecule has 126 valence electrons. The van der Waals surface area contributed by atoms with Gasteiger partial charge >= 0.3 is 0 Å². The van der Waals surface area contributed by atoms with E-state index in [2.05, 4.69) is 25.9 Å². The zero-order chi connectivity index (χ0) is 17.2. The lowest BCUT2D eigenvalue weighted by molar-refractivity contribution is 0.0963. The van der Waals surface area contributed by atoms with Crippen LogP contribution < -0.4 is 16.0 Å². The van der Waals surface area contributed by atoms with Gasteiger partial charge in [-0.05, 0) is 29.8 Å². The average Bonchev–Trinajstić information content (AvgIpc) is 2.65. The summed E-state index contributed by atoms with van der Waals surface area (Å²) in [5.74, 6) is 0.631. The standard InChI is InChI=1S/C18H23N5O/c1-19-17(24)15-7-5-6-14(12-15)13-23-18(20-2)22-11-9-16-8-3-4-10-21-16/h3-8,10,12H,9,11,13H2,1-2H3,(H,19,24)(H2,20,22,23). The van der Waals surface area contributed by atoms with E-state index < -0.39 is 0 Å². The molecule has 1 heterocycles. The van der Waals surface area contributed by atoms with Crippen LogP contribution in [0.15, 0.2) is 53.7 Å². The Labute approximate surface area is 142 Å². The van der Waals surface area contributed by atoms with Crippen LogP contribution in [0.2, 0.25) is 0 Å². The first kappa shape index (κ1) is 17.5. The van der Waals surface area contributed by atoms with Gasteiger partial charge in [0.25, 0.3) is 5.91 Å². The average molecular weight is 325 g/mol. The van der Waals surface area contributed by atoms with Gasteiger partial charge in [0.05, 0.1) is 0 Å². The maximum absolute atomic E-state index is 11.7. The Morgan fingerprint density at radius 3 is 2.75 bits per heavy atom. The number of benzene rings is 1. The number of hydrogen-bond donors (Lipinski definition) is 3. The number of hydrogen-bond acceptors (Lipinski definition) is 3. The fourth-order valence-electron chi connectivity index (χ4n) is 2.23. The van der Waals surface area contributed by atoms with Gasteiger partial charge in [-0.3, -0.25) is 14.8 Å². The summed E-state index contributed by atoms with van der Waals surface area (Å²) in [6.45, 7) is 1.34. The number of carbonyl (C=O) groups is 1. The number of nitrogens with one attached hydrogen (secondary N) is 3. The molecule has 0 aliphatic rings. The van der Waals surface area contributed by atoms with E-state index in [1.165, 1.54) is 0 Å². The van der Waals surface area contributed by atoms with Crippen LogP contribution in [0, 0.1) is 0 Å². The highest BCUT2D eigenvalue weighted by Crippen LogP contribution is 2.05. The zero-order valence-electron chi connectivity index (χ0n) is 14.0. The number of carbonyl (C=O) groups excluding carboxylic acids is 1. The second kappa shape index (κ2) is 9.29. The van der Waals surface area contributed by atoms with Crippen molar-refractivity contribution >= 4 is 11.9 Å². The molecule has 0 saturated carbocycles. The van der Waals surface area contributed by atoms with E-state index in [0.717, 1.165) is 30.2 Å². The van der Waals surface area contributed by atoms with Gasteiger partial charge in [-0.25, -0.2) is 0 Å². The monoisotopic (exact) mass is 325 g/mol. The highest BCUT2D eigenvalue weighted by atomic mass is 16.1. The van der Waals surface area contributed by atoms with Gasteiger partial charge in [0.15, 0.2) is 5.96 Å². The lowest BCUT2D eigenvalue weighted by Crippen LogP contribution is -2.38. The molecule has 0 bridgehead atoms. The van der Waals surface area contributed by atoms with Crippen molar-refractivity contribution in [2.75, 3.05) is 20.6 Å². The molecule has 0 atom stereocenters. The van der Waals surface area contributed by atoms with Gasteiger partial charge < -0.3 is 16.0 Å². The molecule has 0 aliphatic carbocycles. The van der Waals surface area contributed by atoms with Gasteiger partial charge in [0, 0.05) is 51.1 Å². The SMILES string of the molecule is CN=C(NCCc1ccccn1)NCc1cccc(C(=O)NC)c1. The van der Waals surface area contributed by atoms with Gasteiger partial charge in [0.1, 0.15) is 0 Å². The highest BCUT2D eigenvalue weighted by molar-refractivity contribution is 5.94. The van der Waals surface area contributed by atoms with E-state index >= 15 is 0 Å². The minimum absolute atomic E-state index is 0.0882. The number of guanidine groups is 1. The molecule has 2 aromatic rings. The Morgan fingerprint density at radius 2 is 2.04 bits per heavy atom. The molecule has 0 aliphatic heterocycles. The quantitative estimate of drug-likeness (QED) is 0.553. The predicted octanol–water partition coefficient (Wildman–Crippen LogP) is 1.35. The van der Waals surface area contributed by atoms with Gasteiger partial charge in [-0.1, -0.05) is 18.2 Å². The van der Waals surface area contributed by atoms with Crippen LogP contribution in [0.1, 0.15) is 21.6 Å². The summed E-state index contributed by atoms with van der Waals surface area (Å²) >= 11 is 0. The number of nitrogens with zero attached hydrogens (tertiary/aromatic N) is 2. The molecule has 0 saturated heterocycles. The third-order valence-electron chi connectivity index (χ3n) is 3.50. The first-order chi connectivity index (χ1) is 11.7. The van der Waals surface area contributed by atoms with Gasteiger partial charge in [-0.15, -0.1) is 0 Å². The summed E-state index contributed by atoms with van der Waals surface area (Å²) < 4.78 is 0. The normalized spacial score (nSPS) is 11.0. The molecule has 24 heavy (non-hydrogen) atoms. The molecule has 1 aromatic carbocycles. The Kier molecular flexibility index (Phi) is 6.76. The van der Waals surface area contributed by atoms with E-state index in [1.54, 1.807) is 26.4 Å². The van der Waals surface area contributed by atoms with Crippen molar-refractivity contribution < 1.29 is 4.79 Å². The Balaban J connectivity index is 1.82. The van der Waals surface area contributed by atoms with E-state index in [4.69, 9.17) is 0 Å². The van der Waals surface area contributed by atoms with Crippen LogP contribution in [0.3, 0.4) is 0 Å². The van der Waals surface area contributed by atoms with Crippen LogP contribution in [-0.2, 0) is 13.0 Å². The molecule has 2 rings (SSSR count). The van der Waals surface area contributed by atoms with Crippen LogP contribution in [0.4, 0.5) is 0 Å². The predicted molar refractivity (Wildman–Crippen MR) is 96.0 cm³/mol. The zero-order valence-corrected chi connectivity index (χ0v) is 14.0. The Morgan fingerprint density at radius 1 is 1.17 bits per heavy atom. The van der Waals surface area contributed by atoms with Crippen molar-refractivity contribution in [2.45, 2.75) is 13.0 Å². The summed E-state index contributed by atoms with van der Waals surface area (Å²) in [6, 6.07) is 13.4. The first-order valence-electron chi connectivity index (χ1n) is 7.88. The molecule has 1 aromatic heterocycles. The lowest BCUT2D eigenvalue weighted by Gasteiger charge is -2.12. The third kappa shape index (κ3) is 5.39. The van der Waals surface area contributed by atoms with E-state index in [9.17, 15) is 4.79 Å². The molecular formula is C18H23N5O. The number of amides is 1. The molecule has 0 unspecified atom stereocenters. The number of rotatable bonds is 6. The molecule has 0 radical (unpaired) electrons. The second-order valence-electron chi connectivity index (χ2n) is 5.20. The Hall–Kier alpha value is -2.89. The fraction of sp³-hybridized carbons (Fsp3) is 0.278. The Bertz CT molecular complexity index is 685. The maximum Gasteiger partial charge on any atom is 0.251 e. The first-order valence-corrected chi connectivity index (χ1v) is 7.88. The van der Waals surface area contributed by atoms with Crippen molar-refractivity contribution in [2.24, 2.45) is 4.99 Å². The molecule has 6 heteroatoms. The van der Waals surface area contributed by atoms with E-state index in [0.29, 0.717) is 12.1 Å². The number of aromatic nitrogens is 1. The maximum atomic E-state index is 11.7. The van der Waals surface area contributed by atoms with Crippen molar-refractivity contribution in [1.29, 1.82) is 0 Å². The van der Waals surface area contributed by atoms with Gasteiger partial charge in [-0.2, -0.15) is 0 Å². The summed E-state index contributed by atoms with van der Waals surface area (Å²) in [7, 11) is 3.36. The van der Waals surface area contributed by atoms with Crippen molar-refractivity contribution in [1.82, 2.24) is 20.9 Å². The van der Waals surface area contributed by atoms with Crippen LogP contribution in [-0.4, -0.2) is 37.5 Å².